The smallest absolute Gasteiger partial charge is 0.417 e. The Morgan fingerprint density at radius 1 is 1.03 bits per heavy atom. The van der Waals surface area contributed by atoms with Gasteiger partial charge in [-0.25, -0.2) is 0 Å². The van der Waals surface area contributed by atoms with E-state index in [-0.39, 0.29) is 47.7 Å². The van der Waals surface area contributed by atoms with Crippen LogP contribution in [-0.4, -0.2) is 82.9 Å². The van der Waals surface area contributed by atoms with Crippen LogP contribution in [0.15, 0.2) is 72.3 Å². The van der Waals surface area contributed by atoms with Crippen molar-refractivity contribution in [2.24, 2.45) is 11.3 Å². The molecule has 2 heterocycles. The fraction of sp³-hybridized carbons (Fsp3) is 0.490. The Morgan fingerprint density at radius 3 is 2.28 bits per heavy atom. The predicted molar refractivity (Wildman–Crippen MR) is 246 cm³/mol. The highest BCUT2D eigenvalue weighted by Crippen LogP contribution is 2.41. The lowest BCUT2D eigenvalue weighted by Gasteiger charge is -2.37. The summed E-state index contributed by atoms with van der Waals surface area (Å²) in [6.45, 7) is 18.0. The zero-order chi connectivity index (χ0) is 47.3. The number of aryl methyl sites for hydroxylation is 1. The van der Waals surface area contributed by atoms with E-state index in [1.165, 1.54) is 6.07 Å². The molecule has 1 unspecified atom stereocenters. The minimum Gasteiger partial charge on any atom is -0.494 e. The number of thiocarbonyl (C=S) groups is 1. The first kappa shape index (κ1) is 49.7. The van der Waals surface area contributed by atoms with E-state index in [0.717, 1.165) is 45.7 Å². The number of benzene rings is 3. The number of amides is 3. The molecule has 2 aliphatic rings. The van der Waals surface area contributed by atoms with Gasteiger partial charge in [0.2, 0.25) is 11.8 Å². The number of allylic oxidation sites excluding steroid dienone is 1. The van der Waals surface area contributed by atoms with Crippen molar-refractivity contribution >= 4 is 46.4 Å². The third-order valence-electron chi connectivity index (χ3n) is 11.6. The number of hydrogen-bond donors (Lipinski definition) is 2. The number of unbranched alkanes of at least 4 members (excludes halogenated alkanes) is 1. The fourth-order valence-corrected chi connectivity index (χ4v) is 8.87. The number of aliphatic hydroxyl groups is 1. The van der Waals surface area contributed by atoms with Gasteiger partial charge in [-0.15, -0.1) is 0 Å². The molecule has 2 aliphatic heterocycles. The van der Waals surface area contributed by atoms with Crippen molar-refractivity contribution in [3.8, 4) is 22.9 Å². The van der Waals surface area contributed by atoms with E-state index in [4.69, 9.17) is 21.7 Å². The summed E-state index contributed by atoms with van der Waals surface area (Å²) in [6, 6.07) is 16.8. The van der Waals surface area contributed by atoms with Gasteiger partial charge in [0.1, 0.15) is 23.9 Å². The molecule has 15 heteroatoms. The van der Waals surface area contributed by atoms with E-state index in [2.05, 4.69) is 32.2 Å². The molecule has 11 nitrogen and oxygen atoms in total. The first-order valence-corrected chi connectivity index (χ1v) is 22.1. The Labute approximate surface area is 380 Å². The molecule has 0 aromatic heterocycles. The molecule has 5 rings (SSSR count). The number of ether oxygens (including phenoxy) is 2. The van der Waals surface area contributed by atoms with Crippen molar-refractivity contribution < 1.29 is 42.1 Å². The monoisotopic (exact) mass is 903 g/mol. The number of anilines is 2. The first-order valence-electron chi connectivity index (χ1n) is 21.7. The van der Waals surface area contributed by atoms with Crippen molar-refractivity contribution in [3.05, 3.63) is 89.0 Å². The number of carbonyl (C=O) groups is 3. The molecule has 2 fully saturated rings. The minimum absolute atomic E-state index is 0.0161. The number of β-amino-alcohol motifs (C(OH)–C–C–N with tert-alkyl or cyclic N) is 1. The molecule has 0 radical (unpaired) electrons. The Kier molecular flexibility index (Phi) is 15.7. The summed E-state index contributed by atoms with van der Waals surface area (Å²) in [5.41, 5.74) is 0.955. The van der Waals surface area contributed by atoms with Crippen LogP contribution in [0, 0.1) is 29.6 Å². The van der Waals surface area contributed by atoms with Crippen molar-refractivity contribution in [3.63, 3.8) is 0 Å². The average molecular weight is 904 g/mol. The van der Waals surface area contributed by atoms with Crippen molar-refractivity contribution in [2.75, 3.05) is 36.2 Å². The number of nitrogens with one attached hydrogen (secondary N) is 1. The van der Waals surface area contributed by atoms with Gasteiger partial charge in [0.05, 0.1) is 41.6 Å². The Hall–Kier alpha value is -5.30. The van der Waals surface area contributed by atoms with Gasteiger partial charge in [0.15, 0.2) is 5.11 Å². The molecule has 0 bridgehead atoms. The standard InChI is InChI=1S/C49H60F3N5O6S/c1-10-13-38(30(2)3)41-26-36(58)28-55(41)44(60)43(47(5,6)7)54-42(59)29-62-22-11-12-23-63-37-20-21-39(31(4)24-37)32-14-17-34(18-15-32)57-46(64)56(45(61)48(57,8)9)35-19-16-33(27-53)40(25-35)49(50,51)52/h13-21,24-25,30,36,41,43,58H,10-12,22-23,26,28-29H2,1-9H3,(H,54,59)/b38-13-/t36-,41+,43?/m1/s1. The van der Waals surface area contributed by atoms with Gasteiger partial charge in [-0.3, -0.25) is 19.3 Å². The number of alkyl halides is 3. The molecule has 3 atom stereocenters. The maximum atomic E-state index is 13.9. The molecule has 3 aromatic carbocycles. The van der Waals surface area contributed by atoms with Gasteiger partial charge in [0, 0.05) is 18.8 Å². The van der Waals surface area contributed by atoms with E-state index in [0.29, 0.717) is 43.9 Å². The minimum atomic E-state index is -4.80. The first-order chi connectivity index (χ1) is 30.0. The van der Waals surface area contributed by atoms with Gasteiger partial charge < -0.3 is 29.7 Å². The quantitative estimate of drug-likeness (QED) is 0.0820. The highest BCUT2D eigenvalue weighted by Gasteiger charge is 2.51. The van der Waals surface area contributed by atoms with Crippen molar-refractivity contribution in [1.82, 2.24) is 10.2 Å². The van der Waals surface area contributed by atoms with Crippen LogP contribution in [-0.2, 0) is 25.3 Å². The van der Waals surface area contributed by atoms with Crippen LogP contribution in [0.5, 0.6) is 5.75 Å². The van der Waals surface area contributed by atoms with Crippen LogP contribution in [0.25, 0.3) is 11.1 Å². The number of nitriles is 1. The largest absolute Gasteiger partial charge is 0.494 e. The van der Waals surface area contributed by atoms with Crippen LogP contribution < -0.4 is 19.9 Å². The molecular weight excluding hydrogens is 844 g/mol. The van der Waals surface area contributed by atoms with Crippen LogP contribution >= 0.6 is 12.2 Å². The maximum absolute atomic E-state index is 13.9. The summed E-state index contributed by atoms with van der Waals surface area (Å²) in [4.78, 5) is 45.0. The molecule has 3 aromatic rings. The molecule has 2 N–H and O–H groups in total. The molecule has 3 amide bonds. The second-order valence-corrected chi connectivity index (χ2v) is 18.7. The van der Waals surface area contributed by atoms with Gasteiger partial charge in [0.25, 0.3) is 5.91 Å². The SMILES string of the molecule is CC/C=C(/C(C)C)[C@@H]1C[C@@H](O)CN1C(=O)C(NC(=O)COCCCCOc1ccc(-c2ccc(N3C(=S)N(c4ccc(C#N)c(C(F)(F)F)c4)C(=O)C3(C)C)cc2)c(C)c1)C(C)(C)C. The van der Waals surface area contributed by atoms with E-state index in [1.54, 1.807) is 29.7 Å². The molecule has 2 saturated heterocycles. The lowest BCUT2D eigenvalue weighted by Crippen LogP contribution is -2.56. The third kappa shape index (κ3) is 11.1. The third-order valence-corrected chi connectivity index (χ3v) is 12.0. The molecule has 0 aliphatic carbocycles. The zero-order valence-electron chi connectivity index (χ0n) is 38.1. The Balaban J connectivity index is 1.11. The second-order valence-electron chi connectivity index (χ2n) is 18.3. The predicted octanol–water partition coefficient (Wildman–Crippen LogP) is 9.13. The Morgan fingerprint density at radius 2 is 1.69 bits per heavy atom. The summed E-state index contributed by atoms with van der Waals surface area (Å²) in [5, 5.41) is 22.7. The van der Waals surface area contributed by atoms with Gasteiger partial charge in [-0.1, -0.05) is 65.8 Å². The zero-order valence-corrected chi connectivity index (χ0v) is 39.0. The van der Waals surface area contributed by atoms with Crippen molar-refractivity contribution in [1.29, 1.82) is 5.26 Å². The molecule has 0 spiro atoms. The summed E-state index contributed by atoms with van der Waals surface area (Å²) in [5.74, 6) is -0.188. The fourth-order valence-electron chi connectivity index (χ4n) is 8.34. The van der Waals surface area contributed by atoms with E-state index < -0.39 is 46.3 Å². The van der Waals surface area contributed by atoms with Crippen molar-refractivity contribution in [2.45, 2.75) is 118 Å². The van der Waals surface area contributed by atoms with E-state index in [1.807, 2.05) is 70.2 Å². The highest BCUT2D eigenvalue weighted by molar-refractivity contribution is 7.81. The number of carbonyl (C=O) groups excluding carboxylic acids is 3. The van der Waals surface area contributed by atoms with E-state index in [9.17, 15) is 37.9 Å². The van der Waals surface area contributed by atoms with E-state index >= 15 is 0 Å². The summed E-state index contributed by atoms with van der Waals surface area (Å²) in [7, 11) is 0. The summed E-state index contributed by atoms with van der Waals surface area (Å²) >= 11 is 5.69. The second kappa shape index (κ2) is 20.3. The molecule has 64 heavy (non-hydrogen) atoms. The topological polar surface area (TPSA) is 135 Å². The molecule has 344 valence electrons. The average Bonchev–Trinajstić information content (AvgIpc) is 3.69. The van der Waals surface area contributed by atoms with Crippen LogP contribution in [0.1, 0.15) is 97.8 Å². The number of aliphatic hydroxyl groups excluding tert-OH is 1. The number of hydrogen-bond acceptors (Lipinski definition) is 8. The number of rotatable bonds is 16. The lowest BCUT2D eigenvalue weighted by atomic mass is 9.85. The maximum Gasteiger partial charge on any atom is 0.417 e. The van der Waals surface area contributed by atoms with Gasteiger partial charge >= 0.3 is 6.18 Å². The molecule has 0 saturated carbocycles. The number of nitrogens with zero attached hydrogens (tertiary/aromatic N) is 4. The van der Waals surface area contributed by atoms with Gasteiger partial charge in [-0.05, 0) is 135 Å². The lowest BCUT2D eigenvalue weighted by molar-refractivity contribution is -0.141. The van der Waals surface area contributed by atoms with Crippen LogP contribution in [0.4, 0.5) is 24.5 Å². The summed E-state index contributed by atoms with van der Waals surface area (Å²) in [6.07, 6.45) is -0.648. The summed E-state index contributed by atoms with van der Waals surface area (Å²) < 4.78 is 53.0. The molecular formula is C49H60F3N5O6S. The normalized spacial score (nSPS) is 18.5. The van der Waals surface area contributed by atoms with Crippen LogP contribution in [0.3, 0.4) is 0 Å². The van der Waals surface area contributed by atoms with Gasteiger partial charge in [-0.2, -0.15) is 18.4 Å². The Bertz CT molecular complexity index is 2280. The van der Waals surface area contributed by atoms with Crippen LogP contribution in [0.2, 0.25) is 0 Å². The number of likely N-dealkylation sites (tertiary alicyclic amines) is 1. The highest BCUT2D eigenvalue weighted by atomic mass is 32.1. The number of halogens is 3.